The molecule has 1 aliphatic heterocycles. The van der Waals surface area contributed by atoms with E-state index >= 15 is 0 Å². The minimum atomic E-state index is -0.336. The molecule has 0 unspecified atom stereocenters. The Kier molecular flexibility index (Phi) is 3.28. The molecule has 0 aliphatic carbocycles. The number of aryl methyl sites for hydroxylation is 1. The van der Waals surface area contributed by atoms with E-state index in [0.717, 1.165) is 11.5 Å². The van der Waals surface area contributed by atoms with Gasteiger partial charge in [-0.1, -0.05) is 0 Å². The summed E-state index contributed by atoms with van der Waals surface area (Å²) in [5.41, 5.74) is 3.74. The molecule has 1 amide bonds. The Bertz CT molecular complexity index is 645. The molecule has 1 atom stereocenters. The van der Waals surface area contributed by atoms with Crippen LogP contribution >= 0.6 is 11.6 Å². The van der Waals surface area contributed by atoms with Crippen LogP contribution in [0.3, 0.4) is 0 Å². The Morgan fingerprint density at radius 1 is 1.45 bits per heavy atom. The van der Waals surface area contributed by atoms with E-state index in [-0.39, 0.29) is 17.8 Å². The van der Waals surface area contributed by atoms with Gasteiger partial charge in [-0.2, -0.15) is 0 Å². The fourth-order valence-corrected chi connectivity index (χ4v) is 2.27. The van der Waals surface area contributed by atoms with E-state index in [9.17, 15) is 4.79 Å². The first-order valence-electron chi connectivity index (χ1n) is 6.16. The molecule has 6 heteroatoms. The topological polar surface area (TPSA) is 58.6 Å². The van der Waals surface area contributed by atoms with Crippen molar-refractivity contribution in [2.24, 2.45) is 0 Å². The Hall–Kier alpha value is -2.14. The van der Waals surface area contributed by atoms with Crippen LogP contribution in [0.25, 0.3) is 5.70 Å². The number of carbonyl (C=O) groups excluding carboxylic acids is 1. The van der Waals surface area contributed by atoms with Crippen molar-refractivity contribution in [2.75, 3.05) is 5.88 Å². The molecule has 0 aromatic carbocycles. The molecule has 104 valence electrons. The number of rotatable bonds is 3. The lowest BCUT2D eigenvalue weighted by Crippen LogP contribution is -2.40. The SMILES string of the molecule is Cc1ccc(C2=C[C@@H](c3ccco3)N(C(=O)CCl)N2)o1. The predicted molar refractivity (Wildman–Crippen MR) is 73.6 cm³/mol. The maximum Gasteiger partial charge on any atom is 0.256 e. The Morgan fingerprint density at radius 2 is 2.30 bits per heavy atom. The number of hydrogen-bond acceptors (Lipinski definition) is 4. The molecule has 3 rings (SSSR count). The maximum atomic E-state index is 11.9. The highest BCUT2D eigenvalue weighted by Crippen LogP contribution is 2.32. The van der Waals surface area contributed by atoms with Crippen molar-refractivity contribution in [1.82, 2.24) is 10.4 Å². The van der Waals surface area contributed by atoms with E-state index in [1.807, 2.05) is 31.2 Å². The second-order valence-electron chi connectivity index (χ2n) is 4.46. The number of amides is 1. The summed E-state index contributed by atoms with van der Waals surface area (Å²) < 4.78 is 10.9. The number of halogens is 1. The molecule has 3 heterocycles. The number of carbonyl (C=O) groups is 1. The zero-order chi connectivity index (χ0) is 14.1. The van der Waals surface area contributed by atoms with Gasteiger partial charge in [0.05, 0.1) is 12.0 Å². The van der Waals surface area contributed by atoms with Crippen LogP contribution in [0.5, 0.6) is 0 Å². The molecule has 0 fully saturated rings. The number of alkyl halides is 1. The third kappa shape index (κ3) is 2.20. The number of hydrogen-bond donors (Lipinski definition) is 1. The predicted octanol–water partition coefficient (Wildman–Crippen LogP) is 2.85. The smallest absolute Gasteiger partial charge is 0.256 e. The van der Waals surface area contributed by atoms with Crippen molar-refractivity contribution in [3.63, 3.8) is 0 Å². The minimum absolute atomic E-state index is 0.109. The van der Waals surface area contributed by atoms with Gasteiger partial charge < -0.3 is 8.83 Å². The van der Waals surface area contributed by atoms with Crippen LogP contribution < -0.4 is 5.43 Å². The summed E-state index contributed by atoms with van der Waals surface area (Å²) in [5, 5.41) is 1.44. The summed E-state index contributed by atoms with van der Waals surface area (Å²) in [5.74, 6) is 1.79. The highest BCUT2D eigenvalue weighted by atomic mass is 35.5. The Morgan fingerprint density at radius 3 is 2.90 bits per heavy atom. The zero-order valence-electron chi connectivity index (χ0n) is 10.8. The highest BCUT2D eigenvalue weighted by molar-refractivity contribution is 6.27. The lowest BCUT2D eigenvalue weighted by molar-refractivity contribution is -0.132. The maximum absolute atomic E-state index is 11.9. The number of nitrogens with one attached hydrogen (secondary N) is 1. The molecule has 0 bridgehead atoms. The van der Waals surface area contributed by atoms with Gasteiger partial charge in [-0.05, 0) is 37.3 Å². The first-order valence-corrected chi connectivity index (χ1v) is 6.69. The second-order valence-corrected chi connectivity index (χ2v) is 4.73. The molecule has 20 heavy (non-hydrogen) atoms. The van der Waals surface area contributed by atoms with Gasteiger partial charge in [-0.15, -0.1) is 11.6 Å². The third-order valence-corrected chi connectivity index (χ3v) is 3.30. The summed E-state index contributed by atoms with van der Waals surface area (Å²) in [7, 11) is 0. The average molecular weight is 293 g/mol. The van der Waals surface area contributed by atoms with Crippen molar-refractivity contribution >= 4 is 23.2 Å². The lowest BCUT2D eigenvalue weighted by Gasteiger charge is -2.22. The van der Waals surface area contributed by atoms with Gasteiger partial charge in [-0.25, -0.2) is 5.01 Å². The summed E-state index contributed by atoms with van der Waals surface area (Å²) in [4.78, 5) is 11.9. The largest absolute Gasteiger partial charge is 0.467 e. The third-order valence-electron chi connectivity index (χ3n) is 3.07. The van der Waals surface area contributed by atoms with E-state index in [4.69, 9.17) is 20.4 Å². The molecular formula is C14H13ClN2O3. The molecule has 0 saturated carbocycles. The van der Waals surface area contributed by atoms with Gasteiger partial charge in [-0.3, -0.25) is 10.2 Å². The normalized spacial score (nSPS) is 18.0. The van der Waals surface area contributed by atoms with Gasteiger partial charge >= 0.3 is 0 Å². The standard InChI is InChI=1S/C14H13ClN2O3/c1-9-4-5-12(20-9)10-7-11(13-3-2-6-19-13)17(16-10)14(18)8-15/h2-7,11,16H,8H2,1H3/t11-/m0/s1. The van der Waals surface area contributed by atoms with Crippen LogP contribution in [-0.4, -0.2) is 16.8 Å². The number of hydrazine groups is 1. The van der Waals surface area contributed by atoms with Crippen molar-refractivity contribution < 1.29 is 13.6 Å². The van der Waals surface area contributed by atoms with E-state index in [0.29, 0.717) is 11.5 Å². The van der Waals surface area contributed by atoms with Crippen molar-refractivity contribution in [2.45, 2.75) is 13.0 Å². The molecule has 0 spiro atoms. The van der Waals surface area contributed by atoms with Crippen molar-refractivity contribution in [3.8, 4) is 0 Å². The first kappa shape index (κ1) is 12.9. The van der Waals surface area contributed by atoms with Gasteiger partial charge in [0.2, 0.25) is 0 Å². The highest BCUT2D eigenvalue weighted by Gasteiger charge is 2.32. The van der Waals surface area contributed by atoms with E-state index < -0.39 is 0 Å². The molecule has 1 N–H and O–H groups in total. The van der Waals surface area contributed by atoms with Crippen LogP contribution in [0, 0.1) is 6.92 Å². The fourth-order valence-electron chi connectivity index (χ4n) is 2.14. The van der Waals surface area contributed by atoms with Crippen LogP contribution in [0.15, 0.2) is 45.4 Å². The average Bonchev–Trinajstić information content (AvgIpc) is 3.16. The molecular weight excluding hydrogens is 280 g/mol. The molecule has 0 saturated heterocycles. The summed E-state index contributed by atoms with van der Waals surface area (Å²) >= 11 is 5.65. The lowest BCUT2D eigenvalue weighted by atomic mass is 10.2. The van der Waals surface area contributed by atoms with Crippen LogP contribution in [-0.2, 0) is 4.79 Å². The molecule has 1 aliphatic rings. The molecule has 2 aromatic rings. The van der Waals surface area contributed by atoms with Crippen molar-refractivity contribution in [3.05, 3.63) is 53.9 Å². The van der Waals surface area contributed by atoms with E-state index in [1.54, 1.807) is 12.3 Å². The van der Waals surface area contributed by atoms with Crippen molar-refractivity contribution in [1.29, 1.82) is 0 Å². The summed E-state index contributed by atoms with van der Waals surface area (Å²) in [6.07, 6.45) is 3.45. The van der Waals surface area contributed by atoms with Gasteiger partial charge in [0.1, 0.15) is 23.4 Å². The minimum Gasteiger partial charge on any atom is -0.467 e. The molecule has 0 radical (unpaired) electrons. The number of furan rings is 2. The summed E-state index contributed by atoms with van der Waals surface area (Å²) in [6, 6.07) is 6.97. The van der Waals surface area contributed by atoms with E-state index in [2.05, 4.69) is 5.43 Å². The van der Waals surface area contributed by atoms with Gasteiger partial charge in [0, 0.05) is 0 Å². The van der Waals surface area contributed by atoms with Crippen LogP contribution in [0.1, 0.15) is 23.3 Å². The van der Waals surface area contributed by atoms with Gasteiger partial charge in [0.15, 0.2) is 5.76 Å². The fraction of sp³-hybridized carbons (Fsp3) is 0.214. The quantitative estimate of drug-likeness (QED) is 0.884. The Balaban J connectivity index is 1.94. The summed E-state index contributed by atoms with van der Waals surface area (Å²) in [6.45, 7) is 1.87. The Labute approximate surface area is 120 Å². The van der Waals surface area contributed by atoms with Crippen LogP contribution in [0.4, 0.5) is 0 Å². The monoisotopic (exact) mass is 292 g/mol. The van der Waals surface area contributed by atoms with Crippen LogP contribution in [0.2, 0.25) is 0 Å². The molecule has 2 aromatic heterocycles. The molecule has 5 nitrogen and oxygen atoms in total. The second kappa shape index (κ2) is 5.09. The first-order chi connectivity index (χ1) is 9.69. The number of nitrogens with zero attached hydrogens (tertiary/aromatic N) is 1. The zero-order valence-corrected chi connectivity index (χ0v) is 11.6. The van der Waals surface area contributed by atoms with E-state index in [1.165, 1.54) is 5.01 Å². The van der Waals surface area contributed by atoms with Gasteiger partial charge in [0.25, 0.3) is 5.91 Å².